The van der Waals surface area contributed by atoms with E-state index in [0.717, 1.165) is 11.1 Å². The van der Waals surface area contributed by atoms with Crippen molar-refractivity contribution in [3.63, 3.8) is 0 Å². The molecular weight excluding hydrogens is 384 g/mol. The molecule has 0 saturated carbocycles. The fourth-order valence-corrected chi connectivity index (χ4v) is 3.97. The van der Waals surface area contributed by atoms with Gasteiger partial charge in [-0.05, 0) is 31.0 Å². The number of methoxy groups -OCH3 is 1. The smallest absolute Gasteiger partial charge is 0.312 e. The van der Waals surface area contributed by atoms with Crippen molar-refractivity contribution in [3.05, 3.63) is 65.7 Å². The Morgan fingerprint density at radius 3 is 2.53 bits per heavy atom. The quantitative estimate of drug-likeness (QED) is 0.610. The van der Waals surface area contributed by atoms with Crippen LogP contribution in [0.3, 0.4) is 0 Å². The lowest BCUT2D eigenvalue weighted by Gasteiger charge is -2.42. The zero-order valence-corrected chi connectivity index (χ0v) is 17.1. The third kappa shape index (κ3) is 4.98. The van der Waals surface area contributed by atoms with E-state index < -0.39 is 17.5 Å². The minimum absolute atomic E-state index is 0.104. The zero-order valence-electron chi connectivity index (χ0n) is 17.1. The van der Waals surface area contributed by atoms with Gasteiger partial charge in [-0.2, -0.15) is 0 Å². The Hall–Kier alpha value is -2.90. The van der Waals surface area contributed by atoms with E-state index in [1.54, 1.807) is 12.0 Å². The van der Waals surface area contributed by atoms with Crippen molar-refractivity contribution in [2.24, 2.45) is 5.41 Å². The molecule has 2 aromatic rings. The molecular formula is C23H28N2O5. The number of carbonyl (C=O) groups excluding carboxylic acids is 1. The monoisotopic (exact) mass is 412 g/mol. The van der Waals surface area contributed by atoms with E-state index in [9.17, 15) is 19.8 Å². The lowest BCUT2D eigenvalue weighted by atomic mass is 9.71. The molecule has 30 heavy (non-hydrogen) atoms. The van der Waals surface area contributed by atoms with Crippen LogP contribution in [0.2, 0.25) is 0 Å². The number of piperidine rings is 1. The Kier molecular flexibility index (Phi) is 7.07. The van der Waals surface area contributed by atoms with Gasteiger partial charge in [-0.3, -0.25) is 14.5 Å². The number of amides is 1. The summed E-state index contributed by atoms with van der Waals surface area (Å²) in [5.41, 5.74) is 0.507. The summed E-state index contributed by atoms with van der Waals surface area (Å²) in [6.07, 6.45) is -0.526. The van der Waals surface area contributed by atoms with E-state index in [0.29, 0.717) is 18.8 Å². The van der Waals surface area contributed by atoms with E-state index in [1.807, 2.05) is 54.6 Å². The van der Waals surface area contributed by atoms with Gasteiger partial charge in [0.15, 0.2) is 0 Å². The Morgan fingerprint density at radius 1 is 1.17 bits per heavy atom. The number of carboxylic acids is 1. The summed E-state index contributed by atoms with van der Waals surface area (Å²) < 4.78 is 5.29. The molecule has 1 aliphatic heterocycles. The van der Waals surface area contributed by atoms with E-state index in [-0.39, 0.29) is 31.8 Å². The third-order valence-electron chi connectivity index (χ3n) is 5.77. The summed E-state index contributed by atoms with van der Waals surface area (Å²) >= 11 is 0. The average molecular weight is 412 g/mol. The largest absolute Gasteiger partial charge is 0.496 e. The number of β-amino-alcohol motifs (C(OH)–C–C–N with tert-alkyl or cyclic N) is 1. The molecule has 2 aromatic carbocycles. The number of nitrogens with one attached hydrogen (secondary N) is 1. The number of para-hydroxylation sites is 1. The van der Waals surface area contributed by atoms with Gasteiger partial charge in [0.05, 0.1) is 19.8 Å². The van der Waals surface area contributed by atoms with Gasteiger partial charge in [-0.25, -0.2) is 0 Å². The van der Waals surface area contributed by atoms with Crippen molar-refractivity contribution in [1.29, 1.82) is 0 Å². The van der Waals surface area contributed by atoms with Gasteiger partial charge in [0, 0.05) is 18.7 Å². The number of likely N-dealkylation sites (tertiary alicyclic amines) is 1. The summed E-state index contributed by atoms with van der Waals surface area (Å²) in [6.45, 7) is 1.01. The number of benzene rings is 2. The summed E-state index contributed by atoms with van der Waals surface area (Å²) in [4.78, 5) is 26.3. The summed E-state index contributed by atoms with van der Waals surface area (Å²) in [6, 6.07) is 16.8. The van der Waals surface area contributed by atoms with Gasteiger partial charge in [0.2, 0.25) is 5.91 Å². The molecule has 7 nitrogen and oxygen atoms in total. The van der Waals surface area contributed by atoms with Crippen LogP contribution in [0.1, 0.15) is 17.5 Å². The Morgan fingerprint density at radius 2 is 1.87 bits per heavy atom. The highest BCUT2D eigenvalue weighted by molar-refractivity contribution is 5.78. The predicted octanol–water partition coefficient (Wildman–Crippen LogP) is 1.69. The topological polar surface area (TPSA) is 99.1 Å². The number of aliphatic hydroxyl groups is 1. The molecule has 0 aliphatic carbocycles. The number of aliphatic carboxylic acids is 1. The van der Waals surface area contributed by atoms with Crippen molar-refractivity contribution in [1.82, 2.24) is 10.2 Å². The summed E-state index contributed by atoms with van der Waals surface area (Å²) in [7, 11) is 1.58. The van der Waals surface area contributed by atoms with Crippen LogP contribution in [0.25, 0.3) is 0 Å². The number of rotatable bonds is 8. The molecule has 1 heterocycles. The van der Waals surface area contributed by atoms with Crippen molar-refractivity contribution in [2.45, 2.75) is 25.5 Å². The van der Waals surface area contributed by atoms with Crippen molar-refractivity contribution in [3.8, 4) is 5.75 Å². The first-order valence-corrected chi connectivity index (χ1v) is 10.0. The molecule has 1 amide bonds. The lowest BCUT2D eigenvalue weighted by Crippen LogP contribution is -2.57. The van der Waals surface area contributed by atoms with Crippen LogP contribution in [0.5, 0.6) is 5.75 Å². The number of hydrogen-bond acceptors (Lipinski definition) is 5. The molecule has 160 valence electrons. The first-order valence-electron chi connectivity index (χ1n) is 10.0. The second-order valence-corrected chi connectivity index (χ2v) is 7.71. The number of nitrogens with zero attached hydrogens (tertiary/aromatic N) is 1. The summed E-state index contributed by atoms with van der Waals surface area (Å²) in [5, 5.41) is 23.5. The van der Waals surface area contributed by atoms with Gasteiger partial charge in [0.25, 0.3) is 0 Å². The van der Waals surface area contributed by atoms with Crippen LogP contribution in [0.4, 0.5) is 0 Å². The van der Waals surface area contributed by atoms with E-state index in [1.165, 1.54) is 0 Å². The maximum Gasteiger partial charge on any atom is 0.312 e. The highest BCUT2D eigenvalue weighted by Gasteiger charge is 2.48. The SMILES string of the molecule is COc1ccccc1CNC(=O)CN1CC[C@](Cc2ccccc2)(C(=O)O)[C@@H](O)C1. The minimum atomic E-state index is -1.24. The van der Waals surface area contributed by atoms with Gasteiger partial charge in [-0.15, -0.1) is 0 Å². The second kappa shape index (κ2) is 9.73. The molecule has 0 bridgehead atoms. The molecule has 0 spiro atoms. The average Bonchev–Trinajstić information content (AvgIpc) is 2.75. The molecule has 0 radical (unpaired) electrons. The van der Waals surface area contributed by atoms with Gasteiger partial charge in [-0.1, -0.05) is 48.5 Å². The normalized spacial score (nSPS) is 21.7. The van der Waals surface area contributed by atoms with Gasteiger partial charge >= 0.3 is 5.97 Å². The van der Waals surface area contributed by atoms with Gasteiger partial charge < -0.3 is 20.3 Å². The van der Waals surface area contributed by atoms with Crippen LogP contribution in [0, 0.1) is 5.41 Å². The van der Waals surface area contributed by atoms with Crippen molar-refractivity contribution >= 4 is 11.9 Å². The standard InChI is InChI=1S/C23H28N2O5/c1-30-19-10-6-5-9-18(19)14-24-21(27)16-25-12-11-23(22(28)29,20(26)15-25)13-17-7-3-2-4-8-17/h2-10,20,26H,11-16H2,1H3,(H,24,27)(H,28,29)/t20-,23+/m0/s1. The van der Waals surface area contributed by atoms with Crippen LogP contribution in [-0.4, -0.2) is 59.8 Å². The molecule has 1 saturated heterocycles. The number of ether oxygens (including phenoxy) is 1. The molecule has 2 atom stereocenters. The molecule has 1 aliphatic rings. The van der Waals surface area contributed by atoms with Crippen molar-refractivity contribution in [2.75, 3.05) is 26.7 Å². The van der Waals surface area contributed by atoms with Gasteiger partial charge in [0.1, 0.15) is 11.2 Å². The Labute approximate surface area is 176 Å². The zero-order chi connectivity index (χ0) is 21.6. The first-order chi connectivity index (χ1) is 14.4. The van der Waals surface area contributed by atoms with E-state index in [2.05, 4.69) is 5.32 Å². The molecule has 3 N–H and O–H groups in total. The highest BCUT2D eigenvalue weighted by Crippen LogP contribution is 2.36. The van der Waals surface area contributed by atoms with E-state index >= 15 is 0 Å². The van der Waals surface area contributed by atoms with Crippen LogP contribution in [0.15, 0.2) is 54.6 Å². The molecule has 0 aromatic heterocycles. The maximum absolute atomic E-state index is 12.4. The first kappa shape index (κ1) is 21.8. The molecule has 0 unspecified atom stereocenters. The van der Waals surface area contributed by atoms with Crippen LogP contribution in [-0.2, 0) is 22.6 Å². The fraction of sp³-hybridized carbons (Fsp3) is 0.391. The van der Waals surface area contributed by atoms with E-state index in [4.69, 9.17) is 4.74 Å². The third-order valence-corrected chi connectivity index (χ3v) is 5.77. The van der Waals surface area contributed by atoms with Crippen LogP contribution < -0.4 is 10.1 Å². The highest BCUT2D eigenvalue weighted by atomic mass is 16.5. The summed E-state index contributed by atoms with van der Waals surface area (Å²) in [5.74, 6) is -0.475. The second-order valence-electron chi connectivity index (χ2n) is 7.71. The Balaban J connectivity index is 1.57. The molecule has 1 fully saturated rings. The fourth-order valence-electron chi connectivity index (χ4n) is 3.97. The predicted molar refractivity (Wildman–Crippen MR) is 112 cm³/mol. The lowest BCUT2D eigenvalue weighted by molar-refractivity contribution is -0.163. The molecule has 7 heteroatoms. The minimum Gasteiger partial charge on any atom is -0.496 e. The number of aliphatic hydroxyl groups excluding tert-OH is 1. The van der Waals surface area contributed by atoms with Crippen molar-refractivity contribution < 1.29 is 24.5 Å². The van der Waals surface area contributed by atoms with Crippen LogP contribution >= 0.6 is 0 Å². The number of carboxylic acid groups (broad SMARTS) is 1. The molecule has 3 rings (SSSR count). The number of carbonyl (C=O) groups is 2. The maximum atomic E-state index is 12.4. The Bertz CT molecular complexity index is 873. The number of hydrogen-bond donors (Lipinski definition) is 3.